The van der Waals surface area contributed by atoms with E-state index in [4.69, 9.17) is 26.1 Å². The molecule has 0 radical (unpaired) electrons. The van der Waals surface area contributed by atoms with Gasteiger partial charge in [0.25, 0.3) is 0 Å². The Labute approximate surface area is 183 Å². The average molecular weight is 442 g/mol. The minimum atomic E-state index is -0.615. The van der Waals surface area contributed by atoms with E-state index < -0.39 is 18.0 Å². The molecule has 1 aromatic heterocycles. The fraction of sp³-hybridized carbons (Fsp3) is 0.238. The molecule has 5 N–H and O–H groups in total. The molecule has 0 spiro atoms. The number of hydrogen-bond acceptors (Lipinski definition) is 7. The van der Waals surface area contributed by atoms with Gasteiger partial charge in [-0.05, 0) is 30.3 Å². The van der Waals surface area contributed by atoms with Gasteiger partial charge in [0, 0.05) is 29.9 Å². The van der Waals surface area contributed by atoms with Crippen LogP contribution in [-0.2, 0) is 4.74 Å². The summed E-state index contributed by atoms with van der Waals surface area (Å²) >= 11 is 0. The number of cyclic esters (lactones) is 1. The molecule has 1 saturated heterocycles. The topological polar surface area (TPSA) is 148 Å². The van der Waals surface area contributed by atoms with E-state index in [1.807, 2.05) is 0 Å². The van der Waals surface area contributed by atoms with Crippen LogP contribution in [0.25, 0.3) is 11.1 Å². The lowest BCUT2D eigenvalue weighted by atomic mass is 10.1. The number of nitrogens with zero attached hydrogens (tertiary/aromatic N) is 4. The molecule has 2 heterocycles. The van der Waals surface area contributed by atoms with Crippen LogP contribution in [0.4, 0.5) is 20.7 Å². The zero-order valence-electron chi connectivity index (χ0n) is 17.1. The Bertz CT molecular complexity index is 1030. The summed E-state index contributed by atoms with van der Waals surface area (Å²) in [6.07, 6.45) is 3.33. The minimum Gasteiger partial charge on any atom is -0.515 e. The van der Waals surface area contributed by atoms with Gasteiger partial charge in [-0.15, -0.1) is 0 Å². The van der Waals surface area contributed by atoms with Crippen molar-refractivity contribution in [2.45, 2.75) is 6.10 Å². The summed E-state index contributed by atoms with van der Waals surface area (Å²) in [6, 6.07) is 7.69. The van der Waals surface area contributed by atoms with Gasteiger partial charge < -0.3 is 25.6 Å². The first kappa shape index (κ1) is 22.7. The number of aliphatic imine (C=N–C) groups is 1. The molecular weight excluding hydrogens is 419 g/mol. The van der Waals surface area contributed by atoms with Crippen molar-refractivity contribution in [2.24, 2.45) is 10.7 Å². The third kappa shape index (κ3) is 5.19. The van der Waals surface area contributed by atoms with Gasteiger partial charge in [-0.3, -0.25) is 15.3 Å². The van der Waals surface area contributed by atoms with E-state index in [-0.39, 0.29) is 32.1 Å². The highest BCUT2D eigenvalue weighted by molar-refractivity contribution is 5.92. The molecule has 1 atom stereocenters. The highest BCUT2D eigenvalue weighted by Crippen LogP contribution is 2.29. The van der Waals surface area contributed by atoms with Gasteiger partial charge in [-0.2, -0.15) is 0 Å². The Kier molecular flexibility index (Phi) is 7.34. The Morgan fingerprint density at radius 1 is 1.44 bits per heavy atom. The van der Waals surface area contributed by atoms with Gasteiger partial charge in [0.15, 0.2) is 0 Å². The summed E-state index contributed by atoms with van der Waals surface area (Å²) in [7, 11) is 0. The molecule has 1 aliphatic rings. The number of anilines is 2. The number of carbonyl (C=O) groups is 1. The number of nitrogens with one attached hydrogen (secondary N) is 1. The number of pyridine rings is 1. The van der Waals surface area contributed by atoms with Crippen molar-refractivity contribution in [1.29, 1.82) is 5.41 Å². The molecule has 1 aromatic carbocycles. The van der Waals surface area contributed by atoms with Gasteiger partial charge in [0.2, 0.25) is 0 Å². The lowest BCUT2D eigenvalue weighted by molar-refractivity contribution is 0.145. The van der Waals surface area contributed by atoms with E-state index in [0.29, 0.717) is 22.6 Å². The molecule has 1 fully saturated rings. The fourth-order valence-corrected chi connectivity index (χ4v) is 3.14. The van der Waals surface area contributed by atoms with E-state index in [0.717, 1.165) is 12.6 Å². The Balaban J connectivity index is 1.73. The first-order valence-electron chi connectivity index (χ1n) is 9.69. The van der Waals surface area contributed by atoms with Gasteiger partial charge in [0.1, 0.15) is 23.6 Å². The molecule has 168 valence electrons. The van der Waals surface area contributed by atoms with E-state index in [1.54, 1.807) is 24.3 Å². The summed E-state index contributed by atoms with van der Waals surface area (Å²) in [6.45, 7) is 0.383. The quantitative estimate of drug-likeness (QED) is 0.264. The number of carbonyl (C=O) groups excluding carboxylic acids is 1. The molecule has 32 heavy (non-hydrogen) atoms. The van der Waals surface area contributed by atoms with Crippen molar-refractivity contribution in [3.8, 4) is 11.1 Å². The molecule has 10 nitrogen and oxygen atoms in total. The van der Waals surface area contributed by atoms with E-state index in [2.05, 4.69) is 9.98 Å². The van der Waals surface area contributed by atoms with Crippen LogP contribution < -0.4 is 15.5 Å². The number of hydrogen-bond donors (Lipinski definition) is 4. The monoisotopic (exact) mass is 442 g/mol. The van der Waals surface area contributed by atoms with Crippen molar-refractivity contribution in [2.75, 3.05) is 36.0 Å². The lowest BCUT2D eigenvalue weighted by Gasteiger charge is -2.17. The molecule has 0 bridgehead atoms. The van der Waals surface area contributed by atoms with Gasteiger partial charge >= 0.3 is 6.09 Å². The molecular formula is C21H23FN6O4. The van der Waals surface area contributed by atoms with Crippen LogP contribution in [0.15, 0.2) is 53.9 Å². The summed E-state index contributed by atoms with van der Waals surface area (Å²) in [4.78, 5) is 23.2. The highest BCUT2D eigenvalue weighted by atomic mass is 19.1. The fourth-order valence-electron chi connectivity index (χ4n) is 3.14. The van der Waals surface area contributed by atoms with Crippen LogP contribution in [0.1, 0.15) is 0 Å². The molecule has 0 saturated carbocycles. The second-order valence-corrected chi connectivity index (χ2v) is 6.81. The first-order chi connectivity index (χ1) is 15.5. The zero-order valence-corrected chi connectivity index (χ0v) is 17.1. The number of nitrogens with two attached hydrogens (primary N) is 1. The minimum absolute atomic E-state index is 0.0946. The summed E-state index contributed by atoms with van der Waals surface area (Å²) in [5.74, 6) is 0.0125. The highest BCUT2D eigenvalue weighted by Gasteiger charge is 2.32. The van der Waals surface area contributed by atoms with Crippen LogP contribution in [0.3, 0.4) is 0 Å². The van der Waals surface area contributed by atoms with Crippen LogP contribution >= 0.6 is 0 Å². The van der Waals surface area contributed by atoms with Gasteiger partial charge in [-0.1, -0.05) is 0 Å². The molecule has 2 aromatic rings. The number of rotatable bonds is 9. The number of aliphatic hydroxyl groups is 2. The third-order valence-electron chi connectivity index (χ3n) is 4.71. The maximum absolute atomic E-state index is 14.8. The molecule has 1 unspecified atom stereocenters. The van der Waals surface area contributed by atoms with Crippen molar-refractivity contribution in [1.82, 2.24) is 4.98 Å². The number of amides is 1. The van der Waals surface area contributed by atoms with Crippen molar-refractivity contribution in [3.63, 3.8) is 0 Å². The van der Waals surface area contributed by atoms with Crippen molar-refractivity contribution < 1.29 is 24.1 Å². The maximum Gasteiger partial charge on any atom is 0.414 e. The van der Waals surface area contributed by atoms with Gasteiger partial charge in [0.05, 0.1) is 38.0 Å². The smallest absolute Gasteiger partial charge is 0.414 e. The van der Waals surface area contributed by atoms with E-state index in [9.17, 15) is 9.18 Å². The van der Waals surface area contributed by atoms with E-state index >= 15 is 0 Å². The van der Waals surface area contributed by atoms with Crippen LogP contribution in [0, 0.1) is 11.2 Å². The predicted octanol–water partition coefficient (Wildman–Crippen LogP) is 2.05. The summed E-state index contributed by atoms with van der Waals surface area (Å²) < 4.78 is 20.1. The number of benzene rings is 1. The molecule has 0 aliphatic carbocycles. The second kappa shape index (κ2) is 10.4. The van der Waals surface area contributed by atoms with Crippen LogP contribution in [0.2, 0.25) is 0 Å². The SMILES string of the molecule is N=CN(CCO)c1ccc(-c2ccc(N3CC(CN=C(N)/C=C\O)OC3=O)cc2F)cn1. The lowest BCUT2D eigenvalue weighted by Crippen LogP contribution is -2.25. The van der Waals surface area contributed by atoms with E-state index in [1.165, 1.54) is 28.1 Å². The standard InChI is InChI=1S/C21H23FN6O4/c22-18-9-15(28-12-16(32-21(28)31)11-25-19(24)5-7-29)2-3-17(18)14-1-4-20(26-10-14)27(13-23)6-8-30/h1-5,7,9-10,13,16,23,29-30H,6,8,11-12H2,(H2,24,25)/b7-5-,23-13?. The largest absolute Gasteiger partial charge is 0.515 e. The number of aliphatic hydroxyl groups excluding tert-OH is 2. The Hall–Kier alpha value is -3.99. The molecule has 1 aliphatic heterocycles. The average Bonchev–Trinajstić information content (AvgIpc) is 3.17. The summed E-state index contributed by atoms with van der Waals surface area (Å²) in [5.41, 5.74) is 6.72. The molecule has 11 heteroatoms. The normalized spacial score (nSPS) is 16.4. The number of ether oxygens (including phenoxy) is 1. The second-order valence-electron chi connectivity index (χ2n) is 6.81. The van der Waals surface area contributed by atoms with Crippen molar-refractivity contribution >= 4 is 29.8 Å². The van der Waals surface area contributed by atoms with Gasteiger partial charge in [-0.25, -0.2) is 14.2 Å². The predicted molar refractivity (Wildman–Crippen MR) is 119 cm³/mol. The van der Waals surface area contributed by atoms with Crippen molar-refractivity contribution in [3.05, 3.63) is 54.7 Å². The Morgan fingerprint density at radius 2 is 2.25 bits per heavy atom. The maximum atomic E-state index is 14.8. The van der Waals surface area contributed by atoms with Crippen LogP contribution in [-0.4, -0.2) is 65.8 Å². The summed E-state index contributed by atoms with van der Waals surface area (Å²) in [5, 5.41) is 25.1. The molecule has 1 amide bonds. The number of halogens is 1. The Morgan fingerprint density at radius 3 is 2.88 bits per heavy atom. The zero-order chi connectivity index (χ0) is 23.1. The number of aromatic nitrogens is 1. The number of amidine groups is 1. The van der Waals surface area contributed by atoms with Crippen LogP contribution in [0.5, 0.6) is 0 Å². The molecule has 3 rings (SSSR count). The third-order valence-corrected chi connectivity index (χ3v) is 4.71. The first-order valence-corrected chi connectivity index (χ1v) is 9.69.